The van der Waals surface area contributed by atoms with Crippen molar-refractivity contribution in [1.82, 2.24) is 9.97 Å². The zero-order chi connectivity index (χ0) is 15.7. The summed E-state index contributed by atoms with van der Waals surface area (Å²) in [6, 6.07) is 10.0. The van der Waals surface area contributed by atoms with Gasteiger partial charge >= 0.3 is 0 Å². The Kier molecular flexibility index (Phi) is 4.04. The van der Waals surface area contributed by atoms with Crippen molar-refractivity contribution in [2.24, 2.45) is 0 Å². The van der Waals surface area contributed by atoms with Crippen LogP contribution < -0.4 is 5.32 Å². The maximum atomic E-state index is 4.78. The van der Waals surface area contributed by atoms with Crippen molar-refractivity contribution in [2.45, 2.75) is 52.4 Å². The van der Waals surface area contributed by atoms with E-state index < -0.39 is 0 Å². The largest absolute Gasteiger partial charge is 0.324 e. The topological polar surface area (TPSA) is 37.8 Å². The lowest BCUT2D eigenvalue weighted by molar-refractivity contribution is 0.511. The molecule has 1 aromatic heterocycles. The molecule has 1 heterocycles. The molecule has 3 heteroatoms. The molecule has 112 valence electrons. The molecule has 0 unspecified atom stereocenters. The first-order valence-electron chi connectivity index (χ1n) is 7.38. The summed E-state index contributed by atoms with van der Waals surface area (Å²) in [6.07, 6.45) is 1.96. The Hall–Kier alpha value is -1.90. The monoisotopic (exact) mass is 283 g/mol. The molecule has 0 fully saturated rings. The molecule has 0 radical (unpaired) electrons. The highest BCUT2D eigenvalue weighted by Crippen LogP contribution is 2.32. The van der Waals surface area contributed by atoms with E-state index in [4.69, 9.17) is 4.98 Å². The van der Waals surface area contributed by atoms with Crippen LogP contribution in [0.3, 0.4) is 0 Å². The maximum Gasteiger partial charge on any atom is 0.227 e. The van der Waals surface area contributed by atoms with Gasteiger partial charge in [-0.3, -0.25) is 0 Å². The molecule has 0 amide bonds. The first-order chi connectivity index (χ1) is 9.68. The number of aromatic nitrogens is 2. The summed E-state index contributed by atoms with van der Waals surface area (Å²) in [4.78, 5) is 9.28. The lowest BCUT2D eigenvalue weighted by atomic mass is 9.79. The number of hydrogen-bond acceptors (Lipinski definition) is 3. The third-order valence-corrected chi connectivity index (χ3v) is 3.34. The van der Waals surface area contributed by atoms with Gasteiger partial charge in [0.15, 0.2) is 0 Å². The van der Waals surface area contributed by atoms with Crippen LogP contribution in [0.2, 0.25) is 0 Å². The summed E-state index contributed by atoms with van der Waals surface area (Å²) >= 11 is 0. The van der Waals surface area contributed by atoms with Gasteiger partial charge in [0.05, 0.1) is 5.69 Å². The molecule has 21 heavy (non-hydrogen) atoms. The van der Waals surface area contributed by atoms with E-state index in [1.54, 1.807) is 0 Å². The Morgan fingerprint density at radius 1 is 0.857 bits per heavy atom. The van der Waals surface area contributed by atoms with E-state index >= 15 is 0 Å². The van der Waals surface area contributed by atoms with Gasteiger partial charge < -0.3 is 5.32 Å². The Balaban J connectivity index is 2.43. The molecule has 1 N–H and O–H groups in total. The Morgan fingerprint density at radius 2 is 1.48 bits per heavy atom. The van der Waals surface area contributed by atoms with Crippen LogP contribution in [0.1, 0.15) is 52.8 Å². The molecule has 2 rings (SSSR count). The standard InChI is InChI=1S/C18H25N3/c1-17(2,3)14-12-19-16(21-15(14)18(4,5)6)20-13-10-8-7-9-11-13/h7-12H,1-6H3,(H,19,20,21). The highest BCUT2D eigenvalue weighted by Gasteiger charge is 2.27. The van der Waals surface area contributed by atoms with Crippen molar-refractivity contribution in [2.75, 3.05) is 5.32 Å². The quantitative estimate of drug-likeness (QED) is 0.859. The Morgan fingerprint density at radius 3 is 2.00 bits per heavy atom. The first-order valence-corrected chi connectivity index (χ1v) is 7.38. The molecule has 0 saturated carbocycles. The van der Waals surface area contributed by atoms with Crippen LogP contribution in [0.25, 0.3) is 0 Å². The van der Waals surface area contributed by atoms with Crippen LogP contribution in [0, 0.1) is 0 Å². The van der Waals surface area contributed by atoms with E-state index in [0.29, 0.717) is 5.95 Å². The molecule has 0 bridgehead atoms. The van der Waals surface area contributed by atoms with Crippen molar-refractivity contribution in [3.8, 4) is 0 Å². The minimum atomic E-state index is -0.0152. The number of nitrogens with one attached hydrogen (secondary N) is 1. The summed E-state index contributed by atoms with van der Waals surface area (Å²) in [5, 5.41) is 3.27. The fourth-order valence-corrected chi connectivity index (χ4v) is 2.21. The highest BCUT2D eigenvalue weighted by molar-refractivity contribution is 5.53. The maximum absolute atomic E-state index is 4.78. The Labute approximate surface area is 127 Å². The molecule has 1 aromatic carbocycles. The van der Waals surface area contributed by atoms with Crippen molar-refractivity contribution < 1.29 is 0 Å². The van der Waals surface area contributed by atoms with E-state index in [1.807, 2.05) is 36.5 Å². The van der Waals surface area contributed by atoms with Gasteiger partial charge in [-0.05, 0) is 23.1 Å². The lowest BCUT2D eigenvalue weighted by Crippen LogP contribution is -2.24. The first kappa shape index (κ1) is 15.5. The predicted molar refractivity (Wildman–Crippen MR) is 89.2 cm³/mol. The van der Waals surface area contributed by atoms with Crippen LogP contribution in [0.5, 0.6) is 0 Å². The third kappa shape index (κ3) is 3.81. The number of benzene rings is 1. The lowest BCUT2D eigenvalue weighted by Gasteiger charge is -2.28. The van der Waals surface area contributed by atoms with Gasteiger partial charge in [-0.25, -0.2) is 9.97 Å². The highest BCUT2D eigenvalue weighted by atomic mass is 15.1. The summed E-state index contributed by atoms with van der Waals surface area (Å²) < 4.78 is 0. The number of nitrogens with zero attached hydrogens (tertiary/aromatic N) is 2. The van der Waals surface area contributed by atoms with Crippen LogP contribution in [0.15, 0.2) is 36.5 Å². The van der Waals surface area contributed by atoms with E-state index in [9.17, 15) is 0 Å². The number of para-hydroxylation sites is 1. The molecule has 0 spiro atoms. The number of hydrogen-bond donors (Lipinski definition) is 1. The molecule has 0 aliphatic heterocycles. The summed E-state index contributed by atoms with van der Waals surface area (Å²) in [5.41, 5.74) is 3.32. The van der Waals surface area contributed by atoms with E-state index in [-0.39, 0.29) is 10.8 Å². The second kappa shape index (κ2) is 5.47. The van der Waals surface area contributed by atoms with Crippen molar-refractivity contribution in [3.63, 3.8) is 0 Å². The molecule has 0 aliphatic carbocycles. The van der Waals surface area contributed by atoms with E-state index in [2.05, 4.69) is 51.8 Å². The molecule has 0 saturated heterocycles. The third-order valence-electron chi connectivity index (χ3n) is 3.34. The number of rotatable bonds is 2. The average Bonchev–Trinajstić information content (AvgIpc) is 2.37. The minimum absolute atomic E-state index is 0.0152. The second-order valence-electron chi connectivity index (χ2n) is 7.45. The Bertz CT molecular complexity index is 605. The molecule has 0 atom stereocenters. The van der Waals surface area contributed by atoms with Crippen molar-refractivity contribution in [1.29, 1.82) is 0 Å². The SMILES string of the molecule is CC(C)(C)c1cnc(Nc2ccccc2)nc1C(C)(C)C. The molecule has 3 nitrogen and oxygen atoms in total. The normalized spacial score (nSPS) is 12.3. The van der Waals surface area contributed by atoms with Crippen LogP contribution in [-0.4, -0.2) is 9.97 Å². The van der Waals surface area contributed by atoms with Crippen LogP contribution in [-0.2, 0) is 10.8 Å². The van der Waals surface area contributed by atoms with Gasteiger partial charge in [0, 0.05) is 17.3 Å². The van der Waals surface area contributed by atoms with Crippen LogP contribution >= 0.6 is 0 Å². The smallest absolute Gasteiger partial charge is 0.227 e. The van der Waals surface area contributed by atoms with E-state index in [0.717, 1.165) is 11.4 Å². The van der Waals surface area contributed by atoms with Crippen LogP contribution in [0.4, 0.5) is 11.6 Å². The fraction of sp³-hybridized carbons (Fsp3) is 0.444. The van der Waals surface area contributed by atoms with Gasteiger partial charge in [0.25, 0.3) is 0 Å². The molecule has 0 aliphatic rings. The zero-order valence-corrected chi connectivity index (χ0v) is 13.9. The van der Waals surface area contributed by atoms with Crippen molar-refractivity contribution >= 4 is 11.6 Å². The molecular formula is C18H25N3. The van der Waals surface area contributed by atoms with Gasteiger partial charge in [0.2, 0.25) is 5.95 Å². The van der Waals surface area contributed by atoms with Crippen molar-refractivity contribution in [3.05, 3.63) is 47.8 Å². The predicted octanol–water partition coefficient (Wildman–Crippen LogP) is 4.82. The van der Waals surface area contributed by atoms with E-state index in [1.165, 1.54) is 5.56 Å². The van der Waals surface area contributed by atoms with Gasteiger partial charge in [-0.2, -0.15) is 0 Å². The number of anilines is 2. The van der Waals surface area contributed by atoms with Gasteiger partial charge in [-0.1, -0.05) is 59.7 Å². The summed E-state index contributed by atoms with van der Waals surface area (Å²) in [6.45, 7) is 13.2. The average molecular weight is 283 g/mol. The molecule has 2 aromatic rings. The zero-order valence-electron chi connectivity index (χ0n) is 13.9. The second-order valence-corrected chi connectivity index (χ2v) is 7.45. The summed E-state index contributed by atoms with van der Waals surface area (Å²) in [5.74, 6) is 0.652. The van der Waals surface area contributed by atoms with Gasteiger partial charge in [-0.15, -0.1) is 0 Å². The van der Waals surface area contributed by atoms with Gasteiger partial charge in [0.1, 0.15) is 0 Å². The molecular weight excluding hydrogens is 258 g/mol. The fourth-order valence-electron chi connectivity index (χ4n) is 2.21. The minimum Gasteiger partial charge on any atom is -0.324 e. The summed E-state index contributed by atoms with van der Waals surface area (Å²) in [7, 11) is 0.